The minimum absolute atomic E-state index is 0.0714. The van der Waals surface area contributed by atoms with Crippen molar-refractivity contribution in [1.29, 1.82) is 0 Å². The van der Waals surface area contributed by atoms with Crippen molar-refractivity contribution in [3.63, 3.8) is 0 Å². The van der Waals surface area contributed by atoms with Gasteiger partial charge in [-0.1, -0.05) is 238 Å². The van der Waals surface area contributed by atoms with Crippen LogP contribution in [0, 0.1) is 0 Å². The molecule has 0 bridgehead atoms. The molecule has 0 aromatic heterocycles. The van der Waals surface area contributed by atoms with Crippen LogP contribution in [0.15, 0.2) is 24.3 Å². The maximum absolute atomic E-state index is 12.8. The summed E-state index contributed by atoms with van der Waals surface area (Å²) >= 11 is 0. The molecule has 370 valence electrons. The van der Waals surface area contributed by atoms with Gasteiger partial charge in [-0.25, -0.2) is 0 Å². The summed E-state index contributed by atoms with van der Waals surface area (Å²) in [6.07, 6.45) is 60.2. The second kappa shape index (κ2) is 52.5. The number of hydrogen-bond acceptors (Lipinski definition) is 6. The van der Waals surface area contributed by atoms with E-state index in [4.69, 9.17) is 14.2 Å². The van der Waals surface area contributed by atoms with Gasteiger partial charge in [0.05, 0.1) is 0 Å². The average Bonchev–Trinajstić information content (AvgIpc) is 3.28. The monoisotopic (exact) mass is 887 g/mol. The lowest BCUT2D eigenvalue weighted by atomic mass is 10.0. The summed E-state index contributed by atoms with van der Waals surface area (Å²) < 4.78 is 16.8. The molecule has 63 heavy (non-hydrogen) atoms. The van der Waals surface area contributed by atoms with Crippen molar-refractivity contribution < 1.29 is 28.6 Å². The van der Waals surface area contributed by atoms with Gasteiger partial charge in [-0.05, 0) is 70.6 Å². The summed E-state index contributed by atoms with van der Waals surface area (Å²) in [7, 11) is 0. The number of allylic oxidation sites excluding steroid dienone is 4. The highest BCUT2D eigenvalue weighted by Gasteiger charge is 2.19. The van der Waals surface area contributed by atoms with E-state index >= 15 is 0 Å². The van der Waals surface area contributed by atoms with Crippen molar-refractivity contribution >= 4 is 17.9 Å². The maximum Gasteiger partial charge on any atom is 0.306 e. The standard InChI is InChI=1S/C57H106O6/c1-4-7-10-13-16-19-22-25-27-28-30-32-35-38-41-44-47-50-56(59)62-53-54(52-61-55(58)49-46-43-40-37-34-31-24-21-18-15-12-9-6-3)63-57(60)51-48-45-42-39-36-33-29-26-23-20-17-14-11-8-5-2/h20-21,23-24,54H,4-19,22,25-53H2,1-3H3/b23-20+,24-21+/t54-/m1/s1. The molecule has 0 N–H and O–H groups in total. The Bertz CT molecular complexity index is 1020. The Kier molecular flexibility index (Phi) is 50.8. The third kappa shape index (κ3) is 50.7. The van der Waals surface area contributed by atoms with Crippen LogP contribution < -0.4 is 0 Å². The number of unbranched alkanes of at least 4 members (excludes halogenated alkanes) is 36. The van der Waals surface area contributed by atoms with Gasteiger partial charge in [0, 0.05) is 19.3 Å². The van der Waals surface area contributed by atoms with Gasteiger partial charge >= 0.3 is 17.9 Å². The molecule has 0 fully saturated rings. The summed E-state index contributed by atoms with van der Waals surface area (Å²) in [6.45, 7) is 6.64. The van der Waals surface area contributed by atoms with Crippen LogP contribution in [-0.2, 0) is 28.6 Å². The first-order valence-corrected chi connectivity index (χ1v) is 27.8. The molecule has 0 radical (unpaired) electrons. The number of ether oxygens (including phenoxy) is 3. The Balaban J connectivity index is 4.33. The second-order valence-electron chi connectivity index (χ2n) is 18.8. The predicted molar refractivity (Wildman–Crippen MR) is 270 cm³/mol. The van der Waals surface area contributed by atoms with Crippen LogP contribution in [0.1, 0.15) is 303 Å². The first kappa shape index (κ1) is 60.9. The van der Waals surface area contributed by atoms with Crippen molar-refractivity contribution in [3.8, 4) is 0 Å². The number of rotatable bonds is 51. The molecule has 0 heterocycles. The molecule has 0 aliphatic rings. The molecule has 0 unspecified atom stereocenters. The lowest BCUT2D eigenvalue weighted by Gasteiger charge is -2.18. The van der Waals surface area contributed by atoms with Gasteiger partial charge in [0.2, 0.25) is 0 Å². The minimum Gasteiger partial charge on any atom is -0.462 e. The van der Waals surface area contributed by atoms with Crippen molar-refractivity contribution in [2.75, 3.05) is 13.2 Å². The van der Waals surface area contributed by atoms with Crippen molar-refractivity contribution in [2.45, 2.75) is 309 Å². The van der Waals surface area contributed by atoms with Gasteiger partial charge in [-0.3, -0.25) is 14.4 Å². The topological polar surface area (TPSA) is 78.9 Å². The SMILES string of the molecule is CCCCCC/C=C/CCCCCCCCCC(=O)O[C@H](COC(=O)CCCCCCC/C=C/CCCCCC)COC(=O)CCCCCCCCCCCCCCCCCCC. The van der Waals surface area contributed by atoms with Crippen LogP contribution in [0.25, 0.3) is 0 Å². The summed E-state index contributed by atoms with van der Waals surface area (Å²) in [4.78, 5) is 38.1. The van der Waals surface area contributed by atoms with E-state index in [9.17, 15) is 14.4 Å². The van der Waals surface area contributed by atoms with Crippen LogP contribution in [-0.4, -0.2) is 37.2 Å². The van der Waals surface area contributed by atoms with Crippen LogP contribution in [0.3, 0.4) is 0 Å². The fraction of sp³-hybridized carbons (Fsp3) is 0.877. The highest BCUT2D eigenvalue weighted by molar-refractivity contribution is 5.71. The number of hydrogen-bond donors (Lipinski definition) is 0. The van der Waals surface area contributed by atoms with Gasteiger partial charge in [0.15, 0.2) is 6.10 Å². The van der Waals surface area contributed by atoms with E-state index in [0.29, 0.717) is 19.3 Å². The molecule has 0 spiro atoms. The lowest BCUT2D eigenvalue weighted by molar-refractivity contribution is -0.167. The molecule has 0 saturated carbocycles. The number of carbonyl (C=O) groups excluding carboxylic acids is 3. The Morgan fingerprint density at radius 1 is 0.302 bits per heavy atom. The Morgan fingerprint density at radius 3 is 0.810 bits per heavy atom. The zero-order valence-corrected chi connectivity index (χ0v) is 42.4. The summed E-state index contributed by atoms with van der Waals surface area (Å²) in [5.74, 6) is -0.868. The van der Waals surface area contributed by atoms with Crippen LogP contribution in [0.5, 0.6) is 0 Å². The van der Waals surface area contributed by atoms with Gasteiger partial charge < -0.3 is 14.2 Å². The molecule has 1 atom stereocenters. The highest BCUT2D eigenvalue weighted by Crippen LogP contribution is 2.16. The van der Waals surface area contributed by atoms with Crippen LogP contribution in [0.4, 0.5) is 0 Å². The quantitative estimate of drug-likeness (QED) is 0.0262. The Hall–Kier alpha value is -2.11. The molecule has 0 aliphatic carbocycles. The minimum atomic E-state index is -0.772. The Morgan fingerprint density at radius 2 is 0.524 bits per heavy atom. The second-order valence-corrected chi connectivity index (χ2v) is 18.8. The molecule has 0 aliphatic heterocycles. The largest absolute Gasteiger partial charge is 0.462 e. The number of carbonyl (C=O) groups is 3. The highest BCUT2D eigenvalue weighted by atomic mass is 16.6. The van der Waals surface area contributed by atoms with Crippen LogP contribution in [0.2, 0.25) is 0 Å². The number of esters is 3. The molecule has 0 aromatic carbocycles. The Labute approximate surface area is 392 Å². The van der Waals surface area contributed by atoms with E-state index in [0.717, 1.165) is 64.2 Å². The third-order valence-corrected chi connectivity index (χ3v) is 12.4. The molecule has 6 heteroatoms. The zero-order chi connectivity index (χ0) is 45.8. The normalized spacial score (nSPS) is 12.1. The van der Waals surface area contributed by atoms with Gasteiger partial charge in [0.1, 0.15) is 13.2 Å². The van der Waals surface area contributed by atoms with Gasteiger partial charge in [-0.2, -0.15) is 0 Å². The first-order chi connectivity index (χ1) is 31.0. The molecular formula is C57H106O6. The van der Waals surface area contributed by atoms with E-state index in [-0.39, 0.29) is 31.1 Å². The van der Waals surface area contributed by atoms with E-state index in [2.05, 4.69) is 45.1 Å². The van der Waals surface area contributed by atoms with Crippen molar-refractivity contribution in [1.82, 2.24) is 0 Å². The van der Waals surface area contributed by atoms with E-state index in [1.54, 1.807) is 0 Å². The fourth-order valence-corrected chi connectivity index (χ4v) is 8.20. The predicted octanol–water partition coefficient (Wildman–Crippen LogP) is 18.3. The van der Waals surface area contributed by atoms with Gasteiger partial charge in [0.25, 0.3) is 0 Å². The first-order valence-electron chi connectivity index (χ1n) is 27.8. The lowest BCUT2D eigenvalue weighted by Crippen LogP contribution is -2.30. The van der Waals surface area contributed by atoms with E-state index in [1.165, 1.54) is 199 Å². The summed E-state index contributed by atoms with van der Waals surface area (Å²) in [5, 5.41) is 0. The van der Waals surface area contributed by atoms with Gasteiger partial charge in [-0.15, -0.1) is 0 Å². The van der Waals surface area contributed by atoms with Crippen LogP contribution >= 0.6 is 0 Å². The van der Waals surface area contributed by atoms with E-state index in [1.807, 2.05) is 0 Å². The maximum atomic E-state index is 12.8. The third-order valence-electron chi connectivity index (χ3n) is 12.4. The molecule has 0 amide bonds. The summed E-state index contributed by atoms with van der Waals surface area (Å²) in [6, 6.07) is 0. The zero-order valence-electron chi connectivity index (χ0n) is 42.4. The average molecular weight is 887 g/mol. The smallest absolute Gasteiger partial charge is 0.306 e. The molecule has 0 saturated heterocycles. The molecule has 0 aromatic rings. The van der Waals surface area contributed by atoms with Crippen molar-refractivity contribution in [2.24, 2.45) is 0 Å². The molecular weight excluding hydrogens is 781 g/mol. The summed E-state index contributed by atoms with van der Waals surface area (Å²) in [5.41, 5.74) is 0. The molecule has 0 rings (SSSR count). The fourth-order valence-electron chi connectivity index (χ4n) is 8.20. The molecule has 6 nitrogen and oxygen atoms in total. The van der Waals surface area contributed by atoms with Crippen molar-refractivity contribution in [3.05, 3.63) is 24.3 Å². The van der Waals surface area contributed by atoms with E-state index < -0.39 is 6.10 Å².